The van der Waals surface area contributed by atoms with Gasteiger partial charge in [-0.2, -0.15) is 0 Å². The van der Waals surface area contributed by atoms with Crippen LogP contribution >= 0.6 is 0 Å². The molecule has 1 amide bonds. The summed E-state index contributed by atoms with van der Waals surface area (Å²) in [6, 6.07) is 0. The molecule has 5 nitrogen and oxygen atoms in total. The Bertz CT molecular complexity index is 349. The molecule has 1 N–H and O–H groups in total. The average molecular weight is 325 g/mol. The summed E-state index contributed by atoms with van der Waals surface area (Å²) in [5, 5.41) is 2.60. The van der Waals surface area contributed by atoms with Crippen molar-refractivity contribution in [3.05, 3.63) is 0 Å². The van der Waals surface area contributed by atoms with E-state index in [0.29, 0.717) is 19.6 Å². The Balaban J connectivity index is 3.27. The minimum Gasteiger partial charge on any atom is -0.466 e. The third-order valence-corrected chi connectivity index (χ3v) is 3.37. The van der Waals surface area contributed by atoms with Crippen LogP contribution in [0.5, 0.6) is 0 Å². The number of esters is 1. The normalized spacial score (nSPS) is 9.91. The fraction of sp³-hybridized carbons (Fsp3) is 0.778. The van der Waals surface area contributed by atoms with Crippen molar-refractivity contribution in [2.75, 3.05) is 19.8 Å². The molecule has 23 heavy (non-hydrogen) atoms. The van der Waals surface area contributed by atoms with Gasteiger partial charge in [0.05, 0.1) is 6.61 Å². The van der Waals surface area contributed by atoms with Crippen molar-refractivity contribution in [1.29, 1.82) is 0 Å². The minimum atomic E-state index is -0.499. The number of alkyl carbamates (subject to hydrolysis) is 1. The van der Waals surface area contributed by atoms with E-state index < -0.39 is 6.09 Å². The van der Waals surface area contributed by atoms with Crippen LogP contribution in [0.15, 0.2) is 0 Å². The van der Waals surface area contributed by atoms with Gasteiger partial charge >= 0.3 is 12.1 Å². The smallest absolute Gasteiger partial charge is 0.408 e. The van der Waals surface area contributed by atoms with E-state index in [9.17, 15) is 9.59 Å². The number of carbonyl (C=O) groups is 2. The maximum atomic E-state index is 11.5. The molecule has 0 saturated heterocycles. The zero-order valence-electron chi connectivity index (χ0n) is 14.4. The molecule has 0 aliphatic carbocycles. The third kappa shape index (κ3) is 16.5. The summed E-state index contributed by atoms with van der Waals surface area (Å²) in [6.07, 6.45) is 14.5. The van der Waals surface area contributed by atoms with Crippen molar-refractivity contribution in [2.45, 2.75) is 71.1 Å². The molecule has 0 spiro atoms. The Labute approximate surface area is 140 Å². The first-order chi connectivity index (χ1) is 11.2. The fourth-order valence-corrected chi connectivity index (χ4v) is 2.06. The van der Waals surface area contributed by atoms with Gasteiger partial charge in [-0.1, -0.05) is 51.4 Å². The molecule has 0 bridgehead atoms. The molecule has 0 heterocycles. The van der Waals surface area contributed by atoms with Crippen LogP contribution in [0, 0.1) is 12.3 Å². The highest BCUT2D eigenvalue weighted by molar-refractivity contribution is 5.69. The van der Waals surface area contributed by atoms with Crippen LogP contribution in [-0.4, -0.2) is 31.8 Å². The summed E-state index contributed by atoms with van der Waals surface area (Å²) in [4.78, 5) is 22.6. The molecule has 0 saturated carbocycles. The number of hydrogen-bond acceptors (Lipinski definition) is 4. The largest absolute Gasteiger partial charge is 0.466 e. The van der Waals surface area contributed by atoms with Gasteiger partial charge in [-0.3, -0.25) is 4.79 Å². The molecule has 0 rings (SSSR count). The summed E-state index contributed by atoms with van der Waals surface area (Å²) < 4.78 is 9.85. The van der Waals surface area contributed by atoms with E-state index in [4.69, 9.17) is 11.2 Å². The topological polar surface area (TPSA) is 64.6 Å². The van der Waals surface area contributed by atoms with E-state index >= 15 is 0 Å². The maximum absolute atomic E-state index is 11.5. The highest BCUT2D eigenvalue weighted by Crippen LogP contribution is 2.06. The molecule has 5 heteroatoms. The van der Waals surface area contributed by atoms with Gasteiger partial charge in [-0.05, 0) is 19.3 Å². The number of rotatable bonds is 14. The van der Waals surface area contributed by atoms with Crippen LogP contribution in [0.1, 0.15) is 71.1 Å². The van der Waals surface area contributed by atoms with Crippen LogP contribution < -0.4 is 5.32 Å². The molecule has 0 fully saturated rings. The van der Waals surface area contributed by atoms with Crippen molar-refractivity contribution in [3.63, 3.8) is 0 Å². The Morgan fingerprint density at radius 2 is 1.65 bits per heavy atom. The molecular weight excluding hydrogens is 294 g/mol. The van der Waals surface area contributed by atoms with Crippen LogP contribution in [0.3, 0.4) is 0 Å². The van der Waals surface area contributed by atoms with Crippen LogP contribution in [0.25, 0.3) is 0 Å². The van der Waals surface area contributed by atoms with Gasteiger partial charge in [-0.15, -0.1) is 6.42 Å². The second kappa shape index (κ2) is 16.7. The van der Waals surface area contributed by atoms with E-state index in [-0.39, 0.29) is 12.6 Å². The van der Waals surface area contributed by atoms with Gasteiger partial charge in [-0.25, -0.2) is 4.79 Å². The van der Waals surface area contributed by atoms with Gasteiger partial charge in [0.2, 0.25) is 0 Å². The van der Waals surface area contributed by atoms with Crippen molar-refractivity contribution >= 4 is 12.1 Å². The van der Waals surface area contributed by atoms with Gasteiger partial charge in [0.1, 0.15) is 0 Å². The predicted molar refractivity (Wildman–Crippen MR) is 91.0 cm³/mol. The molecule has 0 aromatic carbocycles. The molecule has 0 aromatic heterocycles. The molecule has 0 aliphatic heterocycles. The SMILES string of the molecule is C#CCOC(=O)NCCCCCC(=O)OCCCCCCCC. The lowest BCUT2D eigenvalue weighted by Gasteiger charge is -2.06. The Morgan fingerprint density at radius 3 is 2.39 bits per heavy atom. The quantitative estimate of drug-likeness (QED) is 0.300. The molecule has 0 aromatic rings. The zero-order chi connectivity index (χ0) is 17.2. The zero-order valence-corrected chi connectivity index (χ0v) is 14.4. The van der Waals surface area contributed by atoms with Gasteiger partial charge in [0, 0.05) is 13.0 Å². The van der Waals surface area contributed by atoms with Crippen LogP contribution in [-0.2, 0) is 14.3 Å². The summed E-state index contributed by atoms with van der Waals surface area (Å²) in [7, 11) is 0. The molecule has 0 unspecified atom stereocenters. The monoisotopic (exact) mass is 325 g/mol. The van der Waals surface area contributed by atoms with E-state index in [1.807, 2.05) is 0 Å². The number of carbonyl (C=O) groups excluding carboxylic acids is 2. The lowest BCUT2D eigenvalue weighted by atomic mass is 10.1. The summed E-state index contributed by atoms with van der Waals surface area (Å²) in [5.74, 6) is 2.10. The molecule has 0 atom stereocenters. The number of hydrogen-bond donors (Lipinski definition) is 1. The molecule has 0 aliphatic rings. The Morgan fingerprint density at radius 1 is 0.957 bits per heavy atom. The number of nitrogens with one attached hydrogen (secondary N) is 1. The number of ether oxygens (including phenoxy) is 2. The summed E-state index contributed by atoms with van der Waals surface area (Å²) >= 11 is 0. The lowest BCUT2D eigenvalue weighted by Crippen LogP contribution is -2.25. The number of amides is 1. The summed E-state index contributed by atoms with van der Waals surface area (Å²) in [5.41, 5.74) is 0. The van der Waals surface area contributed by atoms with Crippen LogP contribution in [0.2, 0.25) is 0 Å². The highest BCUT2D eigenvalue weighted by Gasteiger charge is 2.03. The fourth-order valence-electron chi connectivity index (χ4n) is 2.06. The summed E-state index contributed by atoms with van der Waals surface area (Å²) in [6.45, 7) is 3.24. The van der Waals surface area contributed by atoms with Crippen molar-refractivity contribution in [2.24, 2.45) is 0 Å². The first kappa shape index (κ1) is 21.3. The lowest BCUT2D eigenvalue weighted by molar-refractivity contribution is -0.143. The molecule has 132 valence electrons. The standard InChI is InChI=1S/C18H31NO4/c1-3-5-6-7-8-12-16-22-17(20)13-10-9-11-14-19-18(21)23-15-4-2/h2H,3,5-16H2,1H3,(H,19,21). The van der Waals surface area contributed by atoms with Gasteiger partial charge in [0.25, 0.3) is 0 Å². The first-order valence-electron chi connectivity index (χ1n) is 8.70. The Hall–Kier alpha value is -1.70. The molecule has 0 radical (unpaired) electrons. The Kier molecular flexibility index (Phi) is 15.4. The van der Waals surface area contributed by atoms with Crippen molar-refractivity contribution < 1.29 is 19.1 Å². The predicted octanol–water partition coefficient (Wildman–Crippen LogP) is 3.81. The molecular formula is C18H31NO4. The highest BCUT2D eigenvalue weighted by atomic mass is 16.5. The van der Waals surface area contributed by atoms with Gasteiger partial charge < -0.3 is 14.8 Å². The van der Waals surface area contributed by atoms with Crippen molar-refractivity contribution in [3.8, 4) is 12.3 Å². The van der Waals surface area contributed by atoms with Crippen molar-refractivity contribution in [1.82, 2.24) is 5.32 Å². The third-order valence-electron chi connectivity index (χ3n) is 3.37. The van der Waals surface area contributed by atoms with E-state index in [2.05, 4.69) is 22.9 Å². The second-order valence-corrected chi connectivity index (χ2v) is 5.51. The van der Waals surface area contributed by atoms with E-state index in [1.165, 1.54) is 25.7 Å². The van der Waals surface area contributed by atoms with Gasteiger partial charge in [0.15, 0.2) is 6.61 Å². The maximum Gasteiger partial charge on any atom is 0.408 e. The van der Waals surface area contributed by atoms with Crippen LogP contribution in [0.4, 0.5) is 4.79 Å². The number of terminal acetylenes is 1. The minimum absolute atomic E-state index is 0.0176. The average Bonchev–Trinajstić information content (AvgIpc) is 2.55. The first-order valence-corrected chi connectivity index (χ1v) is 8.70. The van der Waals surface area contributed by atoms with E-state index in [1.54, 1.807) is 0 Å². The van der Waals surface area contributed by atoms with E-state index in [0.717, 1.165) is 32.1 Å². The number of unbranched alkanes of at least 4 members (excludes halogenated alkanes) is 7. The second-order valence-electron chi connectivity index (χ2n) is 5.51.